The second kappa shape index (κ2) is 10.1. The van der Waals surface area contributed by atoms with Crippen LogP contribution in [-0.4, -0.2) is 51.9 Å². The third-order valence-corrected chi connectivity index (χ3v) is 5.32. The number of piperazine rings is 1. The van der Waals surface area contributed by atoms with E-state index in [1.165, 1.54) is 17.7 Å². The maximum absolute atomic E-state index is 13.0. The van der Waals surface area contributed by atoms with Gasteiger partial charge in [-0.3, -0.25) is 19.7 Å². The SMILES string of the molecule is O=C(Cc1cnccn1)N1CCN(Cc2ccc(OCc3ccc(F)cc3)cc2)CC1. The van der Waals surface area contributed by atoms with Crippen LogP contribution in [0.25, 0.3) is 0 Å². The van der Waals surface area contributed by atoms with Crippen LogP contribution in [0.15, 0.2) is 67.1 Å². The highest BCUT2D eigenvalue weighted by molar-refractivity contribution is 5.78. The number of hydrogen-bond acceptors (Lipinski definition) is 5. The Morgan fingerprint density at radius 3 is 2.32 bits per heavy atom. The number of nitrogens with zero attached hydrogens (tertiary/aromatic N) is 4. The molecule has 1 aliphatic heterocycles. The number of benzene rings is 2. The standard InChI is InChI=1S/C24H25FN4O2/c25-21-5-1-20(2-6-21)18-31-23-7-3-19(4-8-23)17-28-11-13-29(14-12-28)24(30)15-22-16-26-9-10-27-22/h1-10,16H,11-15,17-18H2. The second-order valence-electron chi connectivity index (χ2n) is 7.59. The molecule has 0 unspecified atom stereocenters. The molecule has 31 heavy (non-hydrogen) atoms. The Hall–Kier alpha value is -3.32. The number of carbonyl (C=O) groups excluding carboxylic acids is 1. The molecule has 1 amide bonds. The minimum Gasteiger partial charge on any atom is -0.489 e. The van der Waals surface area contributed by atoms with Crippen molar-refractivity contribution in [2.24, 2.45) is 0 Å². The van der Waals surface area contributed by atoms with E-state index in [1.807, 2.05) is 17.0 Å². The van der Waals surface area contributed by atoms with Gasteiger partial charge >= 0.3 is 0 Å². The summed E-state index contributed by atoms with van der Waals surface area (Å²) in [6, 6.07) is 14.4. The summed E-state index contributed by atoms with van der Waals surface area (Å²) < 4.78 is 18.7. The number of halogens is 1. The molecule has 2 aromatic carbocycles. The molecule has 160 valence electrons. The Morgan fingerprint density at radius 1 is 0.935 bits per heavy atom. The summed E-state index contributed by atoms with van der Waals surface area (Å²) in [6.07, 6.45) is 5.16. The predicted octanol–water partition coefficient (Wildman–Crippen LogP) is 3.08. The zero-order valence-electron chi connectivity index (χ0n) is 17.3. The molecule has 1 saturated heterocycles. The fourth-order valence-electron chi connectivity index (χ4n) is 3.54. The average molecular weight is 420 g/mol. The fourth-order valence-corrected chi connectivity index (χ4v) is 3.54. The van der Waals surface area contributed by atoms with Crippen LogP contribution in [-0.2, 0) is 24.4 Å². The lowest BCUT2D eigenvalue weighted by Gasteiger charge is -2.34. The van der Waals surface area contributed by atoms with E-state index in [4.69, 9.17) is 4.74 Å². The van der Waals surface area contributed by atoms with Crippen molar-refractivity contribution >= 4 is 5.91 Å². The zero-order chi connectivity index (χ0) is 21.5. The van der Waals surface area contributed by atoms with E-state index in [9.17, 15) is 9.18 Å². The largest absolute Gasteiger partial charge is 0.489 e. The van der Waals surface area contributed by atoms with Gasteiger partial charge in [-0.15, -0.1) is 0 Å². The summed E-state index contributed by atoms with van der Waals surface area (Å²) in [5.41, 5.74) is 2.84. The Kier molecular flexibility index (Phi) is 6.84. The summed E-state index contributed by atoms with van der Waals surface area (Å²) in [4.78, 5) is 24.9. The maximum Gasteiger partial charge on any atom is 0.228 e. The fraction of sp³-hybridized carbons (Fsp3) is 0.292. The molecule has 4 rings (SSSR count). The first-order valence-electron chi connectivity index (χ1n) is 10.4. The predicted molar refractivity (Wildman–Crippen MR) is 115 cm³/mol. The summed E-state index contributed by atoms with van der Waals surface area (Å²) in [7, 11) is 0. The molecule has 0 radical (unpaired) electrons. The van der Waals surface area contributed by atoms with E-state index < -0.39 is 0 Å². The normalized spacial score (nSPS) is 14.4. The van der Waals surface area contributed by atoms with Crippen molar-refractivity contribution < 1.29 is 13.9 Å². The molecule has 1 fully saturated rings. The van der Waals surface area contributed by atoms with Gasteiger partial charge in [-0.05, 0) is 35.4 Å². The van der Waals surface area contributed by atoms with Crippen molar-refractivity contribution in [1.82, 2.24) is 19.8 Å². The monoisotopic (exact) mass is 420 g/mol. The van der Waals surface area contributed by atoms with E-state index in [-0.39, 0.29) is 11.7 Å². The van der Waals surface area contributed by atoms with Gasteiger partial charge in [0.05, 0.1) is 12.1 Å². The maximum atomic E-state index is 13.0. The molecule has 1 aliphatic rings. The summed E-state index contributed by atoms with van der Waals surface area (Å²) in [6.45, 7) is 4.37. The minimum atomic E-state index is -0.246. The molecule has 0 atom stereocenters. The molecule has 3 aromatic rings. The van der Waals surface area contributed by atoms with Gasteiger partial charge < -0.3 is 9.64 Å². The quantitative estimate of drug-likeness (QED) is 0.588. The summed E-state index contributed by atoms with van der Waals surface area (Å²) in [5, 5.41) is 0. The second-order valence-corrected chi connectivity index (χ2v) is 7.59. The van der Waals surface area contributed by atoms with Crippen molar-refractivity contribution in [2.45, 2.75) is 19.6 Å². The Labute approximate surface area is 181 Å². The van der Waals surface area contributed by atoms with Gasteiger partial charge in [0.25, 0.3) is 0 Å². The van der Waals surface area contributed by atoms with E-state index in [1.54, 1.807) is 30.7 Å². The number of rotatable bonds is 7. The lowest BCUT2D eigenvalue weighted by molar-refractivity contribution is -0.132. The molecule has 0 aliphatic carbocycles. The molecular formula is C24H25FN4O2. The van der Waals surface area contributed by atoms with Gasteiger partial charge in [-0.1, -0.05) is 24.3 Å². The van der Waals surface area contributed by atoms with Crippen molar-refractivity contribution in [1.29, 1.82) is 0 Å². The number of amides is 1. The van der Waals surface area contributed by atoms with Crippen molar-refractivity contribution in [2.75, 3.05) is 26.2 Å². The Balaban J connectivity index is 1.21. The van der Waals surface area contributed by atoms with E-state index >= 15 is 0 Å². The zero-order valence-corrected chi connectivity index (χ0v) is 17.3. The van der Waals surface area contributed by atoms with Gasteiger partial charge in [-0.2, -0.15) is 0 Å². The van der Waals surface area contributed by atoms with Gasteiger partial charge in [0.1, 0.15) is 18.2 Å². The third kappa shape index (κ3) is 6.08. The highest BCUT2D eigenvalue weighted by atomic mass is 19.1. The van der Waals surface area contributed by atoms with Crippen molar-refractivity contribution in [3.8, 4) is 5.75 Å². The lowest BCUT2D eigenvalue weighted by atomic mass is 10.2. The van der Waals surface area contributed by atoms with Crippen molar-refractivity contribution in [3.63, 3.8) is 0 Å². The van der Waals surface area contributed by atoms with Crippen LogP contribution in [0.5, 0.6) is 5.75 Å². The number of ether oxygens (including phenoxy) is 1. The van der Waals surface area contributed by atoms with Gasteiger partial charge in [0.2, 0.25) is 5.91 Å². The van der Waals surface area contributed by atoms with Crippen LogP contribution >= 0.6 is 0 Å². The molecule has 7 heteroatoms. The first-order valence-corrected chi connectivity index (χ1v) is 10.4. The molecule has 0 saturated carbocycles. The van der Waals surface area contributed by atoms with E-state index in [0.717, 1.165) is 44.0 Å². The van der Waals surface area contributed by atoms with Crippen LogP contribution in [0.3, 0.4) is 0 Å². The van der Waals surface area contributed by atoms with E-state index in [2.05, 4.69) is 27.0 Å². The van der Waals surface area contributed by atoms with Crippen LogP contribution in [0.4, 0.5) is 4.39 Å². The molecule has 1 aromatic heterocycles. The topological polar surface area (TPSA) is 58.6 Å². The third-order valence-electron chi connectivity index (χ3n) is 5.32. The number of aromatic nitrogens is 2. The van der Waals surface area contributed by atoms with Gasteiger partial charge in [-0.25, -0.2) is 4.39 Å². The van der Waals surface area contributed by atoms with Crippen LogP contribution in [0.2, 0.25) is 0 Å². The first-order chi connectivity index (χ1) is 15.2. The van der Waals surface area contributed by atoms with Crippen LogP contribution in [0, 0.1) is 5.82 Å². The highest BCUT2D eigenvalue weighted by Gasteiger charge is 2.21. The number of hydrogen-bond donors (Lipinski definition) is 0. The minimum absolute atomic E-state index is 0.0998. The summed E-state index contributed by atoms with van der Waals surface area (Å²) >= 11 is 0. The molecule has 0 spiro atoms. The molecule has 6 nitrogen and oxygen atoms in total. The smallest absolute Gasteiger partial charge is 0.228 e. The Bertz CT molecular complexity index is 973. The number of carbonyl (C=O) groups is 1. The first kappa shape index (κ1) is 20.9. The molecular weight excluding hydrogens is 395 g/mol. The van der Waals surface area contributed by atoms with E-state index in [0.29, 0.717) is 18.7 Å². The average Bonchev–Trinajstić information content (AvgIpc) is 2.81. The van der Waals surface area contributed by atoms with Crippen LogP contribution in [0.1, 0.15) is 16.8 Å². The Morgan fingerprint density at radius 2 is 1.65 bits per heavy atom. The highest BCUT2D eigenvalue weighted by Crippen LogP contribution is 2.17. The molecule has 2 heterocycles. The van der Waals surface area contributed by atoms with Crippen molar-refractivity contribution in [3.05, 3.63) is 89.8 Å². The molecule has 0 N–H and O–H groups in total. The lowest BCUT2D eigenvalue weighted by Crippen LogP contribution is -2.48. The molecule has 0 bridgehead atoms. The van der Waals surface area contributed by atoms with Gasteiger partial charge in [0, 0.05) is 51.3 Å². The van der Waals surface area contributed by atoms with Crippen LogP contribution < -0.4 is 4.74 Å². The van der Waals surface area contributed by atoms with Gasteiger partial charge in [0.15, 0.2) is 0 Å². The summed E-state index contributed by atoms with van der Waals surface area (Å²) in [5.74, 6) is 0.638.